The summed E-state index contributed by atoms with van der Waals surface area (Å²) in [7, 11) is 1.83. The zero-order valence-corrected chi connectivity index (χ0v) is 15.1. The third-order valence-corrected chi connectivity index (χ3v) is 5.04. The lowest BCUT2D eigenvalue weighted by atomic mass is 9.87. The van der Waals surface area contributed by atoms with Crippen molar-refractivity contribution < 1.29 is 4.79 Å². The maximum absolute atomic E-state index is 12.6. The largest absolute Gasteiger partial charge is 0.334 e. The summed E-state index contributed by atoms with van der Waals surface area (Å²) in [6, 6.07) is 10.2. The quantitative estimate of drug-likeness (QED) is 0.902. The van der Waals surface area contributed by atoms with Gasteiger partial charge >= 0.3 is 6.03 Å². The molecule has 0 aliphatic heterocycles. The molecule has 1 aromatic carbocycles. The van der Waals surface area contributed by atoms with E-state index in [-0.39, 0.29) is 24.2 Å². The molecule has 0 saturated heterocycles. The number of benzene rings is 1. The fraction of sp³-hybridized carbons (Fsp3) is 0.400. The average molecular weight is 339 g/mol. The molecule has 25 heavy (non-hydrogen) atoms. The van der Waals surface area contributed by atoms with Crippen molar-refractivity contribution in [2.75, 3.05) is 7.05 Å². The van der Waals surface area contributed by atoms with Gasteiger partial charge in [0.2, 0.25) is 0 Å². The fourth-order valence-electron chi connectivity index (χ4n) is 3.66. The number of urea groups is 1. The van der Waals surface area contributed by atoms with E-state index in [0.29, 0.717) is 5.56 Å². The number of hydrogen-bond acceptors (Lipinski definition) is 2. The summed E-state index contributed by atoms with van der Waals surface area (Å²) in [5, 5.41) is 2.89. The molecule has 0 spiro atoms. The second-order valence-electron chi connectivity index (χ2n) is 6.82. The molecule has 132 valence electrons. The van der Waals surface area contributed by atoms with E-state index in [4.69, 9.17) is 0 Å². The first-order chi connectivity index (χ1) is 12.0. The van der Waals surface area contributed by atoms with Crippen molar-refractivity contribution in [3.8, 4) is 0 Å². The lowest BCUT2D eigenvalue weighted by Crippen LogP contribution is -2.41. The van der Waals surface area contributed by atoms with Gasteiger partial charge in [0, 0.05) is 18.3 Å². The van der Waals surface area contributed by atoms with Gasteiger partial charge in [0.25, 0.3) is 5.56 Å². The Morgan fingerprint density at radius 2 is 2.08 bits per heavy atom. The molecule has 5 heteroatoms. The van der Waals surface area contributed by atoms with Crippen LogP contribution in [0.25, 0.3) is 0 Å². The molecular formula is C20H25N3O2. The molecule has 1 aromatic heterocycles. The summed E-state index contributed by atoms with van der Waals surface area (Å²) < 4.78 is 0. The number of H-pyrrole nitrogens is 1. The van der Waals surface area contributed by atoms with E-state index in [1.807, 2.05) is 39.1 Å². The Labute approximate surface area is 148 Å². The first-order valence-corrected chi connectivity index (χ1v) is 8.75. The highest BCUT2D eigenvalue weighted by atomic mass is 16.2. The fourth-order valence-corrected chi connectivity index (χ4v) is 3.66. The number of pyridine rings is 1. The van der Waals surface area contributed by atoms with Crippen LogP contribution in [-0.4, -0.2) is 23.0 Å². The molecule has 1 aliphatic carbocycles. The molecule has 2 amide bonds. The number of nitrogens with zero attached hydrogens (tertiary/aromatic N) is 1. The second kappa shape index (κ2) is 7.13. The van der Waals surface area contributed by atoms with Crippen LogP contribution in [0.2, 0.25) is 0 Å². The van der Waals surface area contributed by atoms with Crippen molar-refractivity contribution >= 4 is 6.03 Å². The van der Waals surface area contributed by atoms with Crippen molar-refractivity contribution in [2.45, 2.75) is 45.7 Å². The Morgan fingerprint density at radius 1 is 1.32 bits per heavy atom. The first kappa shape index (κ1) is 17.3. The van der Waals surface area contributed by atoms with Crippen LogP contribution in [0, 0.1) is 13.8 Å². The van der Waals surface area contributed by atoms with Gasteiger partial charge in [-0.2, -0.15) is 0 Å². The van der Waals surface area contributed by atoms with E-state index in [1.165, 1.54) is 11.1 Å². The molecule has 0 radical (unpaired) electrons. The molecule has 0 saturated carbocycles. The van der Waals surface area contributed by atoms with Gasteiger partial charge in [-0.1, -0.05) is 24.3 Å². The van der Waals surface area contributed by atoms with E-state index in [1.54, 1.807) is 4.90 Å². The van der Waals surface area contributed by atoms with Gasteiger partial charge in [-0.25, -0.2) is 4.79 Å². The van der Waals surface area contributed by atoms with Crippen LogP contribution in [0.3, 0.4) is 0 Å². The van der Waals surface area contributed by atoms with Crippen molar-refractivity contribution in [1.82, 2.24) is 15.2 Å². The monoisotopic (exact) mass is 339 g/mol. The van der Waals surface area contributed by atoms with Crippen molar-refractivity contribution in [1.29, 1.82) is 0 Å². The maximum Gasteiger partial charge on any atom is 0.317 e. The van der Waals surface area contributed by atoms with Crippen LogP contribution in [0.1, 0.15) is 46.8 Å². The van der Waals surface area contributed by atoms with Crippen molar-refractivity contribution in [3.63, 3.8) is 0 Å². The molecular weight excluding hydrogens is 314 g/mol. The van der Waals surface area contributed by atoms with Crippen LogP contribution >= 0.6 is 0 Å². The normalized spacial score (nSPS) is 16.2. The SMILES string of the molecule is Cc1cc(C)c(CNC(=O)N(C)[C@H]2CCCc3ccccc32)c(=O)[nH]1. The van der Waals surface area contributed by atoms with Crippen LogP contribution in [0.4, 0.5) is 4.79 Å². The number of carbonyl (C=O) groups excluding carboxylic acids is 1. The topological polar surface area (TPSA) is 65.2 Å². The number of fused-ring (bicyclic) bond motifs is 1. The average Bonchev–Trinajstić information content (AvgIpc) is 2.59. The number of hydrogen-bond donors (Lipinski definition) is 2. The minimum absolute atomic E-state index is 0.0855. The van der Waals surface area contributed by atoms with Gasteiger partial charge in [0.1, 0.15) is 0 Å². The third-order valence-electron chi connectivity index (χ3n) is 5.04. The summed E-state index contributed by atoms with van der Waals surface area (Å²) in [5.41, 5.74) is 4.75. The molecule has 1 aliphatic rings. The molecule has 0 unspecified atom stereocenters. The lowest BCUT2D eigenvalue weighted by Gasteiger charge is -2.33. The zero-order valence-electron chi connectivity index (χ0n) is 15.1. The number of aromatic amines is 1. The smallest absolute Gasteiger partial charge is 0.317 e. The number of amides is 2. The molecule has 1 heterocycles. The van der Waals surface area contributed by atoms with Crippen LogP contribution < -0.4 is 10.9 Å². The molecule has 3 rings (SSSR count). The summed E-state index contributed by atoms with van der Waals surface area (Å²) >= 11 is 0. The summed E-state index contributed by atoms with van der Waals surface area (Å²) in [5.74, 6) is 0. The molecule has 0 fully saturated rings. The van der Waals surface area contributed by atoms with Crippen LogP contribution in [0.15, 0.2) is 35.1 Å². The number of aryl methyl sites for hydroxylation is 3. The lowest BCUT2D eigenvalue weighted by molar-refractivity contribution is 0.183. The van der Waals surface area contributed by atoms with E-state index >= 15 is 0 Å². The number of rotatable bonds is 3. The Hall–Kier alpha value is -2.56. The Kier molecular flexibility index (Phi) is 4.93. The Balaban J connectivity index is 1.71. The minimum Gasteiger partial charge on any atom is -0.334 e. The standard InChI is InChI=1S/C20H25N3O2/c1-13-11-14(2)22-19(24)17(13)12-21-20(25)23(3)18-10-6-8-15-7-4-5-9-16(15)18/h4-5,7,9,11,18H,6,8,10,12H2,1-3H3,(H,21,25)(H,22,24)/t18-/m0/s1. The predicted octanol–water partition coefficient (Wildman–Crippen LogP) is 3.21. The first-order valence-electron chi connectivity index (χ1n) is 8.75. The number of nitrogens with one attached hydrogen (secondary N) is 2. The molecule has 0 bridgehead atoms. The van der Waals surface area contributed by atoms with Gasteiger partial charge < -0.3 is 15.2 Å². The second-order valence-corrected chi connectivity index (χ2v) is 6.82. The highest BCUT2D eigenvalue weighted by Crippen LogP contribution is 2.33. The Bertz CT molecular complexity index is 841. The molecule has 2 N–H and O–H groups in total. The minimum atomic E-state index is -0.152. The summed E-state index contributed by atoms with van der Waals surface area (Å²) in [6.45, 7) is 3.98. The third kappa shape index (κ3) is 3.60. The molecule has 1 atom stereocenters. The van der Waals surface area contributed by atoms with Crippen LogP contribution in [-0.2, 0) is 13.0 Å². The molecule has 2 aromatic rings. The van der Waals surface area contributed by atoms with Gasteiger partial charge in [0.15, 0.2) is 0 Å². The zero-order chi connectivity index (χ0) is 18.0. The number of carbonyl (C=O) groups is 1. The number of aromatic nitrogens is 1. The van der Waals surface area contributed by atoms with Gasteiger partial charge in [-0.3, -0.25) is 4.79 Å². The van der Waals surface area contributed by atoms with E-state index in [9.17, 15) is 9.59 Å². The van der Waals surface area contributed by atoms with Gasteiger partial charge in [-0.05, 0) is 55.9 Å². The highest BCUT2D eigenvalue weighted by molar-refractivity contribution is 5.74. The van der Waals surface area contributed by atoms with Crippen molar-refractivity contribution in [2.24, 2.45) is 0 Å². The maximum atomic E-state index is 12.6. The summed E-state index contributed by atoms with van der Waals surface area (Å²) in [4.78, 5) is 29.3. The van der Waals surface area contributed by atoms with Gasteiger partial charge in [0.05, 0.1) is 12.6 Å². The van der Waals surface area contributed by atoms with E-state index in [2.05, 4.69) is 22.4 Å². The van der Waals surface area contributed by atoms with E-state index in [0.717, 1.165) is 30.5 Å². The van der Waals surface area contributed by atoms with Crippen molar-refractivity contribution in [3.05, 3.63) is 68.6 Å². The van der Waals surface area contributed by atoms with Crippen LogP contribution in [0.5, 0.6) is 0 Å². The Morgan fingerprint density at radius 3 is 2.84 bits per heavy atom. The van der Waals surface area contributed by atoms with E-state index < -0.39 is 0 Å². The highest BCUT2D eigenvalue weighted by Gasteiger charge is 2.26. The predicted molar refractivity (Wildman–Crippen MR) is 98.7 cm³/mol. The summed E-state index contributed by atoms with van der Waals surface area (Å²) in [6.07, 6.45) is 3.11. The van der Waals surface area contributed by atoms with Gasteiger partial charge in [-0.15, -0.1) is 0 Å². The molecule has 5 nitrogen and oxygen atoms in total.